The number of aromatic nitrogens is 3. The zero-order chi connectivity index (χ0) is 13.0. The van der Waals surface area contributed by atoms with E-state index in [1.807, 2.05) is 19.1 Å². The third kappa shape index (κ3) is 2.14. The molecule has 0 unspecified atom stereocenters. The Labute approximate surface area is 106 Å². The molecule has 0 saturated carbocycles. The Morgan fingerprint density at radius 2 is 2.00 bits per heavy atom. The monoisotopic (exact) mass is 248 g/mol. The van der Waals surface area contributed by atoms with E-state index in [0.29, 0.717) is 18.2 Å². The minimum atomic E-state index is 0.627. The lowest BCUT2D eigenvalue weighted by Gasteiger charge is -2.06. The van der Waals surface area contributed by atoms with Crippen LogP contribution in [0.4, 0.5) is 5.82 Å². The predicted octanol–water partition coefficient (Wildman–Crippen LogP) is 1.95. The van der Waals surface area contributed by atoms with Crippen LogP contribution < -0.4 is 10.2 Å². The lowest BCUT2D eigenvalue weighted by Crippen LogP contribution is -2.01. The van der Waals surface area contributed by atoms with Gasteiger partial charge in [0.1, 0.15) is 0 Å². The van der Waals surface area contributed by atoms with Gasteiger partial charge in [-0.1, -0.05) is 0 Å². The van der Waals surface area contributed by atoms with E-state index in [4.69, 9.17) is 9.57 Å². The van der Waals surface area contributed by atoms with Crippen LogP contribution in [0.15, 0.2) is 24.5 Å². The standard InChI is InChI=1S/C12H16N4O2/c1-4-16-12(17-2)10(11(14-16)15-18-3)9-5-7-13-8-6-9/h5-8H,4H2,1-3H3,(H,14,15). The van der Waals surface area contributed by atoms with Gasteiger partial charge < -0.3 is 4.74 Å². The quantitative estimate of drug-likeness (QED) is 0.819. The number of nitrogens with one attached hydrogen (secondary N) is 1. The van der Waals surface area contributed by atoms with E-state index in [9.17, 15) is 0 Å². The number of ether oxygens (including phenoxy) is 1. The van der Waals surface area contributed by atoms with Crippen LogP contribution in [0, 0.1) is 0 Å². The number of anilines is 1. The molecule has 1 N–H and O–H groups in total. The van der Waals surface area contributed by atoms with E-state index in [-0.39, 0.29) is 0 Å². The van der Waals surface area contributed by atoms with E-state index in [2.05, 4.69) is 15.6 Å². The highest BCUT2D eigenvalue weighted by Gasteiger charge is 2.19. The zero-order valence-electron chi connectivity index (χ0n) is 10.7. The van der Waals surface area contributed by atoms with Crippen LogP contribution in [-0.4, -0.2) is 29.0 Å². The van der Waals surface area contributed by atoms with Crippen LogP contribution in [0.3, 0.4) is 0 Å². The second-order valence-corrected chi connectivity index (χ2v) is 3.59. The summed E-state index contributed by atoms with van der Waals surface area (Å²) in [6.45, 7) is 2.72. The van der Waals surface area contributed by atoms with E-state index in [0.717, 1.165) is 11.1 Å². The molecule has 96 valence electrons. The summed E-state index contributed by atoms with van der Waals surface area (Å²) in [5.74, 6) is 1.32. The van der Waals surface area contributed by atoms with Gasteiger partial charge in [-0.25, -0.2) is 10.2 Å². The summed E-state index contributed by atoms with van der Waals surface area (Å²) in [4.78, 5) is 8.96. The minimum Gasteiger partial charge on any atom is -0.481 e. The smallest absolute Gasteiger partial charge is 0.221 e. The predicted molar refractivity (Wildman–Crippen MR) is 68.3 cm³/mol. The Bertz CT molecular complexity index is 510. The molecule has 6 heteroatoms. The number of aryl methyl sites for hydroxylation is 1. The average molecular weight is 248 g/mol. The molecule has 2 heterocycles. The highest BCUT2D eigenvalue weighted by Crippen LogP contribution is 2.36. The van der Waals surface area contributed by atoms with E-state index < -0.39 is 0 Å². The first kappa shape index (κ1) is 12.4. The van der Waals surface area contributed by atoms with Gasteiger partial charge in [0.2, 0.25) is 5.88 Å². The van der Waals surface area contributed by atoms with Crippen LogP contribution in [0.1, 0.15) is 6.92 Å². The fraction of sp³-hybridized carbons (Fsp3) is 0.333. The van der Waals surface area contributed by atoms with E-state index in [1.54, 1.807) is 31.3 Å². The van der Waals surface area contributed by atoms with Gasteiger partial charge in [-0.3, -0.25) is 9.82 Å². The lowest BCUT2D eigenvalue weighted by molar-refractivity contribution is 0.268. The molecule has 0 saturated heterocycles. The second-order valence-electron chi connectivity index (χ2n) is 3.59. The second kappa shape index (κ2) is 5.50. The molecular formula is C12H16N4O2. The molecule has 0 spiro atoms. The van der Waals surface area contributed by atoms with Crippen molar-refractivity contribution >= 4 is 5.82 Å². The topological polar surface area (TPSA) is 61.2 Å². The van der Waals surface area contributed by atoms with Crippen molar-refractivity contribution in [2.24, 2.45) is 0 Å². The van der Waals surface area contributed by atoms with Crippen LogP contribution in [0.5, 0.6) is 5.88 Å². The van der Waals surface area contributed by atoms with Gasteiger partial charge in [0, 0.05) is 18.9 Å². The van der Waals surface area contributed by atoms with E-state index in [1.165, 1.54) is 0 Å². The van der Waals surface area contributed by atoms with Gasteiger partial charge in [0.05, 0.1) is 19.8 Å². The van der Waals surface area contributed by atoms with Gasteiger partial charge in [-0.05, 0) is 24.6 Å². The summed E-state index contributed by atoms with van der Waals surface area (Å²) in [7, 11) is 3.18. The van der Waals surface area contributed by atoms with Gasteiger partial charge in [0.15, 0.2) is 5.82 Å². The molecule has 2 rings (SSSR count). The Balaban J connectivity index is 2.58. The van der Waals surface area contributed by atoms with Crippen molar-refractivity contribution in [1.82, 2.24) is 14.8 Å². The Kier molecular flexibility index (Phi) is 3.78. The fourth-order valence-corrected chi connectivity index (χ4v) is 1.82. The van der Waals surface area contributed by atoms with Crippen molar-refractivity contribution in [2.75, 3.05) is 19.7 Å². The number of hydrogen-bond acceptors (Lipinski definition) is 5. The first-order valence-corrected chi connectivity index (χ1v) is 5.66. The number of hydrogen-bond donors (Lipinski definition) is 1. The first-order chi connectivity index (χ1) is 8.81. The van der Waals surface area contributed by atoms with Gasteiger partial charge >= 0.3 is 0 Å². The molecule has 0 fully saturated rings. The number of methoxy groups -OCH3 is 1. The first-order valence-electron chi connectivity index (χ1n) is 5.66. The molecule has 2 aromatic heterocycles. The lowest BCUT2D eigenvalue weighted by atomic mass is 10.1. The zero-order valence-corrected chi connectivity index (χ0v) is 10.7. The average Bonchev–Trinajstić information content (AvgIpc) is 2.77. The molecule has 0 aliphatic heterocycles. The summed E-state index contributed by atoms with van der Waals surface area (Å²) in [5, 5.41) is 4.40. The maximum atomic E-state index is 5.43. The number of rotatable bonds is 5. The summed E-state index contributed by atoms with van der Waals surface area (Å²) >= 11 is 0. The van der Waals surface area contributed by atoms with Crippen molar-refractivity contribution < 1.29 is 9.57 Å². The summed E-state index contributed by atoms with van der Waals surface area (Å²) < 4.78 is 7.21. The van der Waals surface area contributed by atoms with Crippen molar-refractivity contribution in [2.45, 2.75) is 13.5 Å². The third-order valence-corrected chi connectivity index (χ3v) is 2.57. The van der Waals surface area contributed by atoms with Crippen LogP contribution in [0.25, 0.3) is 11.1 Å². The summed E-state index contributed by atoms with van der Waals surface area (Å²) in [6, 6.07) is 3.81. The Hall–Kier alpha value is -2.08. The van der Waals surface area contributed by atoms with Gasteiger partial charge in [0.25, 0.3) is 0 Å². The maximum absolute atomic E-state index is 5.43. The molecule has 6 nitrogen and oxygen atoms in total. The number of pyridine rings is 1. The molecule has 0 aliphatic rings. The van der Waals surface area contributed by atoms with Crippen molar-refractivity contribution in [1.29, 1.82) is 0 Å². The molecule has 0 aliphatic carbocycles. The molecule has 2 aromatic rings. The molecule has 0 amide bonds. The number of nitrogens with zero attached hydrogens (tertiary/aromatic N) is 3. The molecule has 0 bridgehead atoms. The van der Waals surface area contributed by atoms with Crippen molar-refractivity contribution in [3.05, 3.63) is 24.5 Å². The molecule has 0 aromatic carbocycles. The van der Waals surface area contributed by atoms with Crippen LogP contribution >= 0.6 is 0 Å². The van der Waals surface area contributed by atoms with E-state index >= 15 is 0 Å². The van der Waals surface area contributed by atoms with Crippen molar-refractivity contribution in [3.63, 3.8) is 0 Å². The summed E-state index contributed by atoms with van der Waals surface area (Å²) in [5.41, 5.74) is 4.61. The highest BCUT2D eigenvalue weighted by molar-refractivity contribution is 5.79. The normalized spacial score (nSPS) is 10.4. The van der Waals surface area contributed by atoms with Crippen molar-refractivity contribution in [3.8, 4) is 17.0 Å². The van der Waals surface area contributed by atoms with Gasteiger partial charge in [-0.15, -0.1) is 5.10 Å². The minimum absolute atomic E-state index is 0.627. The Morgan fingerprint density at radius 1 is 1.28 bits per heavy atom. The maximum Gasteiger partial charge on any atom is 0.221 e. The molecular weight excluding hydrogens is 232 g/mol. The fourth-order valence-electron chi connectivity index (χ4n) is 1.82. The SMILES string of the molecule is CCn1nc(NOC)c(-c2ccncc2)c1OC. The molecule has 0 atom stereocenters. The third-order valence-electron chi connectivity index (χ3n) is 2.57. The highest BCUT2D eigenvalue weighted by atomic mass is 16.6. The Morgan fingerprint density at radius 3 is 2.56 bits per heavy atom. The molecule has 18 heavy (non-hydrogen) atoms. The van der Waals surface area contributed by atoms with Crippen LogP contribution in [0.2, 0.25) is 0 Å². The molecule has 0 radical (unpaired) electrons. The summed E-state index contributed by atoms with van der Waals surface area (Å²) in [6.07, 6.45) is 3.46. The largest absolute Gasteiger partial charge is 0.481 e. The van der Waals surface area contributed by atoms with Crippen LogP contribution in [-0.2, 0) is 11.4 Å². The van der Waals surface area contributed by atoms with Gasteiger partial charge in [-0.2, -0.15) is 0 Å².